The maximum absolute atomic E-state index is 2.37. The van der Waals surface area contributed by atoms with Gasteiger partial charge in [0.25, 0.3) is 0 Å². The molecule has 0 aliphatic heterocycles. The first-order chi connectivity index (χ1) is 17.5. The molecule has 1 heteroatoms. The monoisotopic (exact) mass is 465 g/mol. The van der Waals surface area contributed by atoms with E-state index in [4.69, 9.17) is 0 Å². The molecular formula is C35H31N. The average molecular weight is 466 g/mol. The third-order valence-corrected chi connectivity index (χ3v) is 7.19. The van der Waals surface area contributed by atoms with Gasteiger partial charge in [0, 0.05) is 16.5 Å². The van der Waals surface area contributed by atoms with Gasteiger partial charge in [0.15, 0.2) is 0 Å². The lowest BCUT2D eigenvalue weighted by molar-refractivity contribution is 0.584. The van der Waals surface area contributed by atoms with Crippen molar-refractivity contribution < 1.29 is 0 Å². The number of benzene rings is 5. The Balaban J connectivity index is 1.38. The molecule has 0 atom stereocenters. The van der Waals surface area contributed by atoms with Crippen LogP contribution in [0.1, 0.15) is 37.5 Å². The van der Waals surface area contributed by atoms with Gasteiger partial charge >= 0.3 is 0 Å². The topological polar surface area (TPSA) is 4.93 Å². The summed E-state index contributed by atoms with van der Waals surface area (Å²) < 4.78 is 2.37. The first-order valence-electron chi connectivity index (χ1n) is 12.8. The highest BCUT2D eigenvalue weighted by molar-refractivity contribution is 6.10. The van der Waals surface area contributed by atoms with Crippen LogP contribution in [0, 0.1) is 0 Å². The number of para-hydroxylation sites is 2. The van der Waals surface area contributed by atoms with Gasteiger partial charge in [-0.1, -0.05) is 112 Å². The minimum atomic E-state index is 0.144. The van der Waals surface area contributed by atoms with E-state index in [-0.39, 0.29) is 5.41 Å². The fraction of sp³-hybridized carbons (Fsp3) is 0.143. The standard InChI is InChI=1S/C35H31N/c1-35(2,3)32-15-9-7-11-28(32)23-25-17-19-26(20-18-25)27-21-22-34-31(24-27)30-14-8-10-16-33(30)36(34)29-12-5-4-6-13-29/h4-22,24H,23H2,1-3H3. The van der Waals surface area contributed by atoms with Crippen molar-refractivity contribution in [1.82, 2.24) is 4.57 Å². The zero-order chi connectivity index (χ0) is 24.7. The number of fused-ring (bicyclic) bond motifs is 3. The Morgan fingerprint density at radius 2 is 1.19 bits per heavy atom. The van der Waals surface area contributed by atoms with Crippen LogP contribution in [0.25, 0.3) is 38.6 Å². The van der Waals surface area contributed by atoms with E-state index in [1.165, 1.54) is 55.3 Å². The quantitative estimate of drug-likeness (QED) is 0.244. The van der Waals surface area contributed by atoms with E-state index in [1.807, 2.05) is 0 Å². The first kappa shape index (κ1) is 22.4. The molecule has 0 saturated carbocycles. The zero-order valence-electron chi connectivity index (χ0n) is 21.2. The number of aromatic nitrogens is 1. The van der Waals surface area contributed by atoms with Crippen molar-refractivity contribution in [2.75, 3.05) is 0 Å². The highest BCUT2D eigenvalue weighted by Gasteiger charge is 2.17. The van der Waals surface area contributed by atoms with Crippen LogP contribution in [0.15, 0.2) is 121 Å². The van der Waals surface area contributed by atoms with Gasteiger partial charge in [-0.3, -0.25) is 0 Å². The Kier molecular flexibility index (Phi) is 5.49. The fourth-order valence-corrected chi connectivity index (χ4v) is 5.45. The normalized spacial score (nSPS) is 11.9. The molecule has 0 unspecified atom stereocenters. The average Bonchev–Trinajstić information content (AvgIpc) is 3.23. The van der Waals surface area contributed by atoms with Crippen molar-refractivity contribution >= 4 is 21.8 Å². The fourth-order valence-electron chi connectivity index (χ4n) is 5.45. The summed E-state index contributed by atoms with van der Waals surface area (Å²) >= 11 is 0. The number of rotatable bonds is 4. The molecule has 0 N–H and O–H groups in total. The maximum atomic E-state index is 2.37. The lowest BCUT2D eigenvalue weighted by Gasteiger charge is -2.23. The van der Waals surface area contributed by atoms with Gasteiger partial charge < -0.3 is 4.57 Å². The number of nitrogens with zero attached hydrogens (tertiary/aromatic N) is 1. The Morgan fingerprint density at radius 1 is 0.556 bits per heavy atom. The van der Waals surface area contributed by atoms with Crippen LogP contribution in [0.2, 0.25) is 0 Å². The van der Waals surface area contributed by atoms with E-state index >= 15 is 0 Å². The minimum absolute atomic E-state index is 0.144. The summed E-state index contributed by atoms with van der Waals surface area (Å²) in [5.41, 5.74) is 10.5. The summed E-state index contributed by atoms with van der Waals surface area (Å²) in [4.78, 5) is 0. The summed E-state index contributed by atoms with van der Waals surface area (Å²) in [7, 11) is 0. The van der Waals surface area contributed by atoms with E-state index in [9.17, 15) is 0 Å². The summed E-state index contributed by atoms with van der Waals surface area (Å²) in [6.45, 7) is 6.87. The second-order valence-corrected chi connectivity index (χ2v) is 10.7. The molecule has 0 aliphatic rings. The lowest BCUT2D eigenvalue weighted by Crippen LogP contribution is -2.14. The Morgan fingerprint density at radius 3 is 1.97 bits per heavy atom. The van der Waals surface area contributed by atoms with Crippen LogP contribution in [-0.4, -0.2) is 4.57 Å². The van der Waals surface area contributed by atoms with Gasteiger partial charge in [-0.2, -0.15) is 0 Å². The van der Waals surface area contributed by atoms with Gasteiger partial charge in [0.2, 0.25) is 0 Å². The molecule has 0 spiro atoms. The maximum Gasteiger partial charge on any atom is 0.0541 e. The molecule has 6 aromatic rings. The van der Waals surface area contributed by atoms with Gasteiger partial charge in [-0.15, -0.1) is 0 Å². The summed E-state index contributed by atoms with van der Waals surface area (Å²) in [5.74, 6) is 0. The molecule has 0 bridgehead atoms. The largest absolute Gasteiger partial charge is 0.309 e. The van der Waals surface area contributed by atoms with Crippen molar-refractivity contribution in [3.63, 3.8) is 0 Å². The molecule has 36 heavy (non-hydrogen) atoms. The van der Waals surface area contributed by atoms with E-state index in [1.54, 1.807) is 0 Å². The highest BCUT2D eigenvalue weighted by atomic mass is 15.0. The second kappa shape index (κ2) is 8.84. The van der Waals surface area contributed by atoms with Crippen LogP contribution in [0.3, 0.4) is 0 Å². The molecule has 0 fully saturated rings. The number of hydrogen-bond acceptors (Lipinski definition) is 0. The second-order valence-electron chi connectivity index (χ2n) is 10.7. The Labute approximate surface area is 213 Å². The van der Waals surface area contributed by atoms with Crippen LogP contribution < -0.4 is 0 Å². The molecule has 0 radical (unpaired) electrons. The molecule has 1 aromatic heterocycles. The van der Waals surface area contributed by atoms with E-state index in [0.717, 1.165) is 6.42 Å². The SMILES string of the molecule is CC(C)(C)c1ccccc1Cc1ccc(-c2ccc3c(c2)c2ccccc2n3-c2ccccc2)cc1. The van der Waals surface area contributed by atoms with Gasteiger partial charge in [-0.25, -0.2) is 0 Å². The first-order valence-corrected chi connectivity index (χ1v) is 12.8. The summed E-state index contributed by atoms with van der Waals surface area (Å²) in [6.07, 6.45) is 0.956. The van der Waals surface area contributed by atoms with Crippen molar-refractivity contribution in [1.29, 1.82) is 0 Å². The molecule has 0 aliphatic carbocycles. The third kappa shape index (κ3) is 4.01. The van der Waals surface area contributed by atoms with Crippen molar-refractivity contribution in [3.05, 3.63) is 138 Å². The van der Waals surface area contributed by atoms with Crippen LogP contribution in [0.5, 0.6) is 0 Å². The van der Waals surface area contributed by atoms with Crippen molar-refractivity contribution in [2.45, 2.75) is 32.6 Å². The Bertz CT molecular complexity index is 1660. The van der Waals surface area contributed by atoms with E-state index in [2.05, 4.69) is 147 Å². The predicted molar refractivity (Wildman–Crippen MR) is 154 cm³/mol. The van der Waals surface area contributed by atoms with Gasteiger partial charge in [0.1, 0.15) is 0 Å². The molecular weight excluding hydrogens is 434 g/mol. The molecule has 1 nitrogen and oxygen atoms in total. The smallest absolute Gasteiger partial charge is 0.0541 e. The van der Waals surface area contributed by atoms with E-state index < -0.39 is 0 Å². The van der Waals surface area contributed by atoms with Crippen molar-refractivity contribution in [2.24, 2.45) is 0 Å². The van der Waals surface area contributed by atoms with E-state index in [0.29, 0.717) is 0 Å². The van der Waals surface area contributed by atoms with Crippen LogP contribution in [0.4, 0.5) is 0 Å². The summed E-state index contributed by atoms with van der Waals surface area (Å²) in [5, 5.41) is 2.57. The zero-order valence-corrected chi connectivity index (χ0v) is 21.2. The van der Waals surface area contributed by atoms with Gasteiger partial charge in [-0.05, 0) is 70.0 Å². The molecule has 6 rings (SSSR count). The third-order valence-electron chi connectivity index (χ3n) is 7.19. The summed E-state index contributed by atoms with van der Waals surface area (Å²) in [6, 6.07) is 44.2. The molecule has 0 amide bonds. The molecule has 0 saturated heterocycles. The molecule has 1 heterocycles. The highest BCUT2D eigenvalue weighted by Crippen LogP contribution is 2.35. The van der Waals surface area contributed by atoms with Crippen LogP contribution in [-0.2, 0) is 11.8 Å². The minimum Gasteiger partial charge on any atom is -0.309 e. The number of hydrogen-bond donors (Lipinski definition) is 0. The van der Waals surface area contributed by atoms with Gasteiger partial charge in [0.05, 0.1) is 11.0 Å². The van der Waals surface area contributed by atoms with Crippen LogP contribution >= 0.6 is 0 Å². The van der Waals surface area contributed by atoms with Crippen molar-refractivity contribution in [3.8, 4) is 16.8 Å². The molecule has 176 valence electrons. The predicted octanol–water partition coefficient (Wildman–Crippen LogP) is 9.34. The molecule has 5 aromatic carbocycles. The Hall–Kier alpha value is -4.10. The lowest BCUT2D eigenvalue weighted by atomic mass is 9.82.